The molecule has 2 aromatic rings. The standard InChI is InChI=1S/C28H38ClN3O2/c1-5-22(6-2)31-26(7-3)21-8-11-24(12-9-21)34-19-16-28(33)14-17-32(18-15-28)23-10-13-27(30-4)25(29)20-23/h8-13,20,22,26,31,33H,5-7,14-19H2,1-3H3. The van der Waals surface area contributed by atoms with E-state index in [4.69, 9.17) is 22.9 Å². The van der Waals surface area contributed by atoms with Crippen molar-refractivity contribution in [2.45, 2.75) is 77.0 Å². The van der Waals surface area contributed by atoms with Crippen molar-refractivity contribution in [3.8, 4) is 5.75 Å². The molecule has 1 heterocycles. The topological polar surface area (TPSA) is 49.1 Å². The first kappa shape index (κ1) is 26.3. The first-order valence-electron chi connectivity index (χ1n) is 12.5. The summed E-state index contributed by atoms with van der Waals surface area (Å²) in [6.45, 7) is 15.8. The Labute approximate surface area is 209 Å². The summed E-state index contributed by atoms with van der Waals surface area (Å²) in [5, 5.41) is 15.3. The average molecular weight is 484 g/mol. The lowest BCUT2D eigenvalue weighted by Gasteiger charge is -2.39. The molecule has 1 unspecified atom stereocenters. The van der Waals surface area contributed by atoms with Crippen molar-refractivity contribution >= 4 is 23.0 Å². The summed E-state index contributed by atoms with van der Waals surface area (Å²) in [6, 6.07) is 14.8. The zero-order valence-electron chi connectivity index (χ0n) is 20.7. The van der Waals surface area contributed by atoms with Gasteiger partial charge in [0.05, 0.1) is 18.8 Å². The molecule has 0 amide bonds. The highest BCUT2D eigenvalue weighted by Crippen LogP contribution is 2.33. The second-order valence-corrected chi connectivity index (χ2v) is 9.67. The second kappa shape index (κ2) is 12.4. The van der Waals surface area contributed by atoms with Gasteiger partial charge in [0, 0.05) is 42.3 Å². The number of rotatable bonds is 11. The van der Waals surface area contributed by atoms with Gasteiger partial charge in [-0.25, -0.2) is 4.85 Å². The second-order valence-electron chi connectivity index (χ2n) is 9.27. The number of nitrogens with zero attached hydrogens (tertiary/aromatic N) is 2. The molecule has 1 aliphatic rings. The molecule has 1 aliphatic heterocycles. The molecule has 1 fully saturated rings. The van der Waals surface area contributed by atoms with Crippen LogP contribution in [0.3, 0.4) is 0 Å². The summed E-state index contributed by atoms with van der Waals surface area (Å²) in [7, 11) is 0. The van der Waals surface area contributed by atoms with E-state index in [9.17, 15) is 5.11 Å². The Kier molecular flexibility index (Phi) is 9.64. The number of ether oxygens (including phenoxy) is 1. The van der Waals surface area contributed by atoms with Crippen LogP contribution in [0.4, 0.5) is 11.4 Å². The Hall–Kier alpha value is -2.26. The van der Waals surface area contributed by atoms with Crippen LogP contribution in [0.5, 0.6) is 5.75 Å². The molecule has 0 aliphatic carbocycles. The number of piperidine rings is 1. The average Bonchev–Trinajstić information content (AvgIpc) is 2.86. The van der Waals surface area contributed by atoms with E-state index in [1.54, 1.807) is 6.07 Å². The summed E-state index contributed by atoms with van der Waals surface area (Å²) in [5.74, 6) is 0.844. The SMILES string of the molecule is [C-]#[N+]c1ccc(N2CCC(O)(CCOc3ccc(C(CC)NC(CC)CC)cc3)CC2)cc1Cl. The van der Waals surface area contributed by atoms with Crippen molar-refractivity contribution < 1.29 is 9.84 Å². The lowest BCUT2D eigenvalue weighted by Crippen LogP contribution is -2.45. The van der Waals surface area contributed by atoms with Gasteiger partial charge in [-0.3, -0.25) is 0 Å². The van der Waals surface area contributed by atoms with Gasteiger partial charge in [0.15, 0.2) is 0 Å². The van der Waals surface area contributed by atoms with Crippen molar-refractivity contribution in [1.29, 1.82) is 0 Å². The van der Waals surface area contributed by atoms with E-state index < -0.39 is 5.60 Å². The van der Waals surface area contributed by atoms with Crippen molar-refractivity contribution in [3.05, 3.63) is 64.5 Å². The third kappa shape index (κ3) is 6.88. The highest BCUT2D eigenvalue weighted by atomic mass is 35.5. The van der Waals surface area contributed by atoms with E-state index in [1.165, 1.54) is 5.56 Å². The largest absolute Gasteiger partial charge is 0.493 e. The zero-order chi connectivity index (χ0) is 24.6. The van der Waals surface area contributed by atoms with Crippen LogP contribution in [-0.2, 0) is 0 Å². The Morgan fingerprint density at radius 2 is 1.76 bits per heavy atom. The van der Waals surface area contributed by atoms with Gasteiger partial charge in [0.2, 0.25) is 5.69 Å². The lowest BCUT2D eigenvalue weighted by atomic mass is 9.88. The van der Waals surface area contributed by atoms with E-state index in [2.05, 4.69) is 48.0 Å². The van der Waals surface area contributed by atoms with Crippen LogP contribution in [0.1, 0.15) is 70.9 Å². The molecular formula is C28H38ClN3O2. The summed E-state index contributed by atoms with van der Waals surface area (Å²) in [6.07, 6.45) is 5.29. The molecule has 5 nitrogen and oxygen atoms in total. The Balaban J connectivity index is 1.47. The van der Waals surface area contributed by atoms with Gasteiger partial charge in [-0.1, -0.05) is 50.6 Å². The minimum Gasteiger partial charge on any atom is -0.493 e. The fourth-order valence-electron chi connectivity index (χ4n) is 4.63. The number of aliphatic hydroxyl groups is 1. The zero-order valence-corrected chi connectivity index (χ0v) is 21.4. The molecule has 3 rings (SSSR count). The van der Waals surface area contributed by atoms with Crippen molar-refractivity contribution in [1.82, 2.24) is 5.32 Å². The molecule has 0 saturated carbocycles. The highest BCUT2D eigenvalue weighted by molar-refractivity contribution is 6.33. The van der Waals surface area contributed by atoms with Crippen LogP contribution in [0.25, 0.3) is 4.85 Å². The van der Waals surface area contributed by atoms with Crippen molar-refractivity contribution in [2.75, 3.05) is 24.6 Å². The number of benzene rings is 2. The quantitative estimate of drug-likeness (QED) is 0.340. The molecule has 1 saturated heterocycles. The summed E-state index contributed by atoms with van der Waals surface area (Å²) in [5.41, 5.74) is 2.04. The number of hydrogen-bond acceptors (Lipinski definition) is 4. The van der Waals surface area contributed by atoms with E-state index in [0.717, 1.165) is 43.8 Å². The first-order valence-corrected chi connectivity index (χ1v) is 12.9. The molecule has 1 atom stereocenters. The molecule has 0 aromatic heterocycles. The Morgan fingerprint density at radius 3 is 2.32 bits per heavy atom. The molecular weight excluding hydrogens is 446 g/mol. The number of nitrogens with one attached hydrogen (secondary N) is 1. The van der Waals surface area contributed by atoms with Crippen LogP contribution < -0.4 is 15.0 Å². The van der Waals surface area contributed by atoms with Crippen LogP contribution >= 0.6 is 11.6 Å². The molecule has 0 spiro atoms. The van der Waals surface area contributed by atoms with Crippen LogP contribution in [0.15, 0.2) is 42.5 Å². The third-order valence-electron chi connectivity index (χ3n) is 7.06. The van der Waals surface area contributed by atoms with Crippen molar-refractivity contribution in [3.63, 3.8) is 0 Å². The molecule has 6 heteroatoms. The maximum Gasteiger partial charge on any atom is 0.205 e. The van der Waals surface area contributed by atoms with Gasteiger partial charge in [0.25, 0.3) is 0 Å². The highest BCUT2D eigenvalue weighted by Gasteiger charge is 2.32. The van der Waals surface area contributed by atoms with Crippen LogP contribution in [-0.4, -0.2) is 36.4 Å². The minimum atomic E-state index is -0.719. The third-order valence-corrected chi connectivity index (χ3v) is 7.36. The van der Waals surface area contributed by atoms with Gasteiger partial charge < -0.3 is 20.1 Å². The Bertz CT molecular complexity index is 945. The minimum absolute atomic E-state index is 0.359. The van der Waals surface area contributed by atoms with Crippen LogP contribution in [0, 0.1) is 6.57 Å². The maximum atomic E-state index is 11.0. The fraction of sp³-hybridized carbons (Fsp3) is 0.536. The van der Waals surface area contributed by atoms with E-state index >= 15 is 0 Å². The summed E-state index contributed by atoms with van der Waals surface area (Å²) in [4.78, 5) is 5.63. The number of halogens is 1. The first-order chi connectivity index (χ1) is 16.4. The fourth-order valence-corrected chi connectivity index (χ4v) is 4.85. The monoisotopic (exact) mass is 483 g/mol. The molecule has 184 valence electrons. The molecule has 2 N–H and O–H groups in total. The molecule has 0 radical (unpaired) electrons. The van der Waals surface area contributed by atoms with Gasteiger partial charge in [-0.2, -0.15) is 0 Å². The molecule has 34 heavy (non-hydrogen) atoms. The number of anilines is 1. The van der Waals surface area contributed by atoms with E-state index in [-0.39, 0.29) is 0 Å². The van der Waals surface area contributed by atoms with Gasteiger partial charge in [0.1, 0.15) is 5.75 Å². The summed E-state index contributed by atoms with van der Waals surface area (Å²) >= 11 is 6.19. The lowest BCUT2D eigenvalue weighted by molar-refractivity contribution is -0.00267. The van der Waals surface area contributed by atoms with Gasteiger partial charge in [-0.15, -0.1) is 0 Å². The predicted molar refractivity (Wildman–Crippen MR) is 141 cm³/mol. The van der Waals surface area contributed by atoms with Crippen LogP contribution in [0.2, 0.25) is 5.02 Å². The van der Waals surface area contributed by atoms with Crippen molar-refractivity contribution in [2.24, 2.45) is 0 Å². The summed E-state index contributed by atoms with van der Waals surface area (Å²) < 4.78 is 5.98. The Morgan fingerprint density at radius 1 is 1.09 bits per heavy atom. The smallest absolute Gasteiger partial charge is 0.205 e. The van der Waals surface area contributed by atoms with E-state index in [1.807, 2.05) is 24.3 Å². The number of hydrogen-bond donors (Lipinski definition) is 2. The normalized spacial score (nSPS) is 16.3. The predicted octanol–water partition coefficient (Wildman–Crippen LogP) is 6.92. The molecule has 2 aromatic carbocycles. The van der Waals surface area contributed by atoms with Gasteiger partial charge >= 0.3 is 0 Å². The van der Waals surface area contributed by atoms with E-state index in [0.29, 0.717) is 48.7 Å². The maximum absolute atomic E-state index is 11.0. The van der Waals surface area contributed by atoms with Gasteiger partial charge in [-0.05, 0) is 61.9 Å². The molecule has 0 bridgehead atoms.